The lowest BCUT2D eigenvalue weighted by molar-refractivity contribution is -0.116. The number of hydrogen-bond acceptors (Lipinski definition) is 7. The Labute approximate surface area is 178 Å². The molecule has 0 fully saturated rings. The van der Waals surface area contributed by atoms with Crippen molar-refractivity contribution in [1.29, 1.82) is 0 Å². The van der Waals surface area contributed by atoms with Gasteiger partial charge >= 0.3 is 0 Å². The lowest BCUT2D eigenvalue weighted by Gasteiger charge is -2.13. The highest BCUT2D eigenvalue weighted by Gasteiger charge is 2.25. The first kappa shape index (κ1) is 20.2. The summed E-state index contributed by atoms with van der Waals surface area (Å²) in [6.07, 6.45) is 5.16. The van der Waals surface area contributed by atoms with Gasteiger partial charge in [0.15, 0.2) is 0 Å². The van der Waals surface area contributed by atoms with Gasteiger partial charge in [0, 0.05) is 47.6 Å². The van der Waals surface area contributed by atoms with Crippen LogP contribution in [0.3, 0.4) is 0 Å². The minimum Gasteiger partial charge on any atom is -0.317 e. The van der Waals surface area contributed by atoms with Crippen molar-refractivity contribution < 1.29 is 4.79 Å². The van der Waals surface area contributed by atoms with Gasteiger partial charge in [-0.3, -0.25) is 9.36 Å². The van der Waals surface area contributed by atoms with Crippen molar-refractivity contribution in [2.45, 2.75) is 46.2 Å². The van der Waals surface area contributed by atoms with Gasteiger partial charge in [-0.25, -0.2) is 9.97 Å². The molecule has 0 spiro atoms. The molecule has 0 saturated carbocycles. The molecule has 0 atom stereocenters. The molecule has 7 nitrogen and oxygen atoms in total. The van der Waals surface area contributed by atoms with E-state index in [-0.39, 0.29) is 5.91 Å². The van der Waals surface area contributed by atoms with E-state index in [1.165, 1.54) is 10.4 Å². The smallest absolute Gasteiger partial charge is 0.226 e. The van der Waals surface area contributed by atoms with Gasteiger partial charge < -0.3 is 16.0 Å². The number of amides is 1. The molecule has 4 heterocycles. The van der Waals surface area contributed by atoms with E-state index in [2.05, 4.69) is 34.8 Å². The van der Waals surface area contributed by atoms with Gasteiger partial charge in [-0.2, -0.15) is 0 Å². The molecule has 3 N–H and O–H groups in total. The van der Waals surface area contributed by atoms with Crippen LogP contribution in [-0.4, -0.2) is 39.6 Å². The first-order valence-corrected chi connectivity index (χ1v) is 11.6. The minimum atomic E-state index is 0.0352. The Hall–Kier alpha value is -2.07. The maximum atomic E-state index is 12.5. The van der Waals surface area contributed by atoms with Gasteiger partial charge in [-0.1, -0.05) is 13.8 Å². The van der Waals surface area contributed by atoms with Crippen molar-refractivity contribution in [1.82, 2.24) is 25.2 Å². The zero-order valence-electron chi connectivity index (χ0n) is 16.9. The van der Waals surface area contributed by atoms with Crippen molar-refractivity contribution in [3.05, 3.63) is 34.0 Å². The average Bonchev–Trinajstić information content (AvgIpc) is 3.38. The molecular formula is C20H26N6OS2. The third-order valence-corrected chi connectivity index (χ3v) is 6.76. The van der Waals surface area contributed by atoms with Crippen molar-refractivity contribution in [3.8, 4) is 16.4 Å². The number of nitrogens with one attached hydrogen (secondary N) is 3. The van der Waals surface area contributed by atoms with Gasteiger partial charge in [-0.15, -0.1) is 22.7 Å². The quantitative estimate of drug-likeness (QED) is 0.535. The number of hydrogen-bond donors (Lipinski definition) is 3. The predicted octanol–water partition coefficient (Wildman–Crippen LogP) is 3.34. The van der Waals surface area contributed by atoms with Crippen LogP contribution in [-0.2, 0) is 17.8 Å². The fourth-order valence-corrected chi connectivity index (χ4v) is 5.54. The monoisotopic (exact) mass is 430 g/mol. The summed E-state index contributed by atoms with van der Waals surface area (Å²) >= 11 is 3.28. The maximum absolute atomic E-state index is 12.5. The lowest BCUT2D eigenvalue weighted by atomic mass is 10.0. The topological polar surface area (TPSA) is 83.9 Å². The largest absolute Gasteiger partial charge is 0.317 e. The fraction of sp³-hybridized carbons (Fsp3) is 0.450. The molecule has 0 aromatic carbocycles. The molecule has 0 unspecified atom stereocenters. The predicted molar refractivity (Wildman–Crippen MR) is 119 cm³/mol. The Morgan fingerprint density at radius 1 is 1.41 bits per heavy atom. The molecule has 9 heteroatoms. The molecule has 1 amide bonds. The van der Waals surface area contributed by atoms with Crippen LogP contribution in [0.4, 0.5) is 5.00 Å². The van der Waals surface area contributed by atoms with Crippen LogP contribution in [0.2, 0.25) is 0 Å². The summed E-state index contributed by atoms with van der Waals surface area (Å²) in [7, 11) is 0. The van der Waals surface area contributed by atoms with Crippen molar-refractivity contribution in [2.75, 3.05) is 18.4 Å². The molecule has 4 rings (SSSR count). The Balaban J connectivity index is 1.61. The number of thiazole rings is 1. The normalized spacial score (nSPS) is 13.7. The second-order valence-electron chi connectivity index (χ2n) is 7.47. The standard InChI is InChI=1S/C20H26N6OS2/c1-12(2)22-7-5-17(27)25-20-18(14-4-6-21-8-15(14)29-20)19-24-16(10-28-19)26-9-13(3)23-11-26/h9-12,21-22H,4-8H2,1-3H3,(H,25,27). The van der Waals surface area contributed by atoms with E-state index < -0.39 is 0 Å². The van der Waals surface area contributed by atoms with Crippen molar-refractivity contribution >= 4 is 33.6 Å². The molecule has 3 aromatic heterocycles. The first-order chi connectivity index (χ1) is 14.0. The number of nitrogens with zero attached hydrogens (tertiary/aromatic N) is 3. The summed E-state index contributed by atoms with van der Waals surface area (Å²) < 4.78 is 1.94. The number of rotatable bonds is 7. The Bertz CT molecular complexity index is 1000. The summed E-state index contributed by atoms with van der Waals surface area (Å²) in [5.41, 5.74) is 3.36. The molecule has 29 heavy (non-hydrogen) atoms. The fourth-order valence-electron chi connectivity index (χ4n) is 3.36. The molecule has 1 aliphatic rings. The highest BCUT2D eigenvalue weighted by molar-refractivity contribution is 7.18. The molecule has 1 aliphatic heterocycles. The minimum absolute atomic E-state index is 0.0352. The Morgan fingerprint density at radius 2 is 2.28 bits per heavy atom. The van der Waals surface area contributed by atoms with Gasteiger partial charge in [0.2, 0.25) is 5.91 Å². The molecule has 154 valence electrons. The van der Waals surface area contributed by atoms with Crippen LogP contribution in [0, 0.1) is 6.92 Å². The number of carbonyl (C=O) groups is 1. The van der Waals surface area contributed by atoms with E-state index in [9.17, 15) is 4.79 Å². The van der Waals surface area contributed by atoms with Gasteiger partial charge in [0.25, 0.3) is 0 Å². The maximum Gasteiger partial charge on any atom is 0.226 e. The number of fused-ring (bicyclic) bond motifs is 1. The van der Waals surface area contributed by atoms with Crippen LogP contribution in [0.1, 0.15) is 36.4 Å². The highest BCUT2D eigenvalue weighted by atomic mass is 32.1. The van der Waals surface area contributed by atoms with Crippen LogP contribution < -0.4 is 16.0 Å². The molecule has 0 radical (unpaired) electrons. The number of imidazole rings is 1. The van der Waals surface area contributed by atoms with Gasteiger partial charge in [0.05, 0.1) is 5.69 Å². The van der Waals surface area contributed by atoms with E-state index in [1.807, 2.05) is 23.1 Å². The summed E-state index contributed by atoms with van der Waals surface area (Å²) in [6.45, 7) is 8.59. The summed E-state index contributed by atoms with van der Waals surface area (Å²) in [4.78, 5) is 23.0. The first-order valence-electron chi connectivity index (χ1n) is 9.86. The molecular weight excluding hydrogens is 404 g/mol. The van der Waals surface area contributed by atoms with E-state index in [0.717, 1.165) is 46.6 Å². The van der Waals surface area contributed by atoms with Gasteiger partial charge in [-0.05, 0) is 25.5 Å². The van der Waals surface area contributed by atoms with E-state index >= 15 is 0 Å². The third-order valence-electron chi connectivity index (χ3n) is 4.77. The Kier molecular flexibility index (Phi) is 6.09. The Morgan fingerprint density at radius 3 is 3.03 bits per heavy atom. The average molecular weight is 431 g/mol. The zero-order chi connectivity index (χ0) is 20.4. The van der Waals surface area contributed by atoms with Crippen LogP contribution >= 0.6 is 22.7 Å². The third kappa shape index (κ3) is 4.58. The van der Waals surface area contributed by atoms with E-state index in [1.54, 1.807) is 29.0 Å². The second kappa shape index (κ2) is 8.74. The van der Waals surface area contributed by atoms with Crippen molar-refractivity contribution in [3.63, 3.8) is 0 Å². The second-order valence-corrected chi connectivity index (χ2v) is 9.44. The van der Waals surface area contributed by atoms with Crippen LogP contribution in [0.15, 0.2) is 17.9 Å². The summed E-state index contributed by atoms with van der Waals surface area (Å²) in [5, 5.41) is 13.8. The van der Waals surface area contributed by atoms with Gasteiger partial charge in [0.1, 0.15) is 22.2 Å². The lowest BCUT2D eigenvalue weighted by Crippen LogP contribution is -2.27. The summed E-state index contributed by atoms with van der Waals surface area (Å²) in [5.74, 6) is 0.894. The van der Waals surface area contributed by atoms with E-state index in [0.29, 0.717) is 19.0 Å². The highest BCUT2D eigenvalue weighted by Crippen LogP contribution is 2.43. The number of aryl methyl sites for hydroxylation is 1. The van der Waals surface area contributed by atoms with Crippen LogP contribution in [0.5, 0.6) is 0 Å². The number of carbonyl (C=O) groups excluding carboxylic acids is 1. The van der Waals surface area contributed by atoms with Crippen LogP contribution in [0.25, 0.3) is 16.4 Å². The number of thiophene rings is 1. The molecule has 0 aliphatic carbocycles. The molecule has 0 bridgehead atoms. The molecule has 0 saturated heterocycles. The number of anilines is 1. The van der Waals surface area contributed by atoms with Crippen molar-refractivity contribution in [2.24, 2.45) is 0 Å². The number of aromatic nitrogens is 3. The molecule has 3 aromatic rings. The SMILES string of the molecule is Cc1cn(-c2csc(-c3c(NC(=O)CCNC(C)C)sc4c3CCNC4)n2)cn1. The summed E-state index contributed by atoms with van der Waals surface area (Å²) in [6, 6.07) is 0.374. The van der Waals surface area contributed by atoms with E-state index in [4.69, 9.17) is 4.98 Å². The zero-order valence-corrected chi connectivity index (χ0v) is 18.5.